The number of nitrogens with one attached hydrogen (secondary N) is 1. The molecule has 1 N–H and O–H groups in total. The third kappa shape index (κ3) is 5.82. The average Bonchev–Trinajstić information content (AvgIpc) is 3.17. The molecule has 3 aromatic rings. The minimum atomic E-state index is -0.457. The molecule has 0 fully saturated rings. The van der Waals surface area contributed by atoms with Crippen LogP contribution in [-0.2, 0) is 14.9 Å². The van der Waals surface area contributed by atoms with Gasteiger partial charge in [0.2, 0.25) is 0 Å². The van der Waals surface area contributed by atoms with Gasteiger partial charge >= 0.3 is 5.97 Å². The number of para-hydroxylation sites is 1. The molecule has 2 aromatic carbocycles. The molecule has 0 unspecified atom stereocenters. The Morgan fingerprint density at radius 3 is 2.42 bits per heavy atom. The zero-order valence-corrected chi connectivity index (χ0v) is 20.9. The van der Waals surface area contributed by atoms with Crippen LogP contribution in [0.15, 0.2) is 47.8 Å². The van der Waals surface area contributed by atoms with E-state index in [-0.39, 0.29) is 24.5 Å². The van der Waals surface area contributed by atoms with Crippen LogP contribution in [0.2, 0.25) is 0 Å². The lowest BCUT2D eigenvalue weighted by Crippen LogP contribution is -2.22. The second kappa shape index (κ2) is 10.2. The molecule has 0 radical (unpaired) electrons. The molecule has 0 atom stereocenters. The predicted octanol–water partition coefficient (Wildman–Crippen LogP) is 6.52. The Morgan fingerprint density at radius 2 is 1.76 bits per heavy atom. The Bertz CT molecular complexity index is 1160. The average molecular weight is 466 g/mol. The van der Waals surface area contributed by atoms with Crippen LogP contribution in [0.5, 0.6) is 5.75 Å². The molecular formula is C27H31NO4S. The van der Waals surface area contributed by atoms with Crippen LogP contribution >= 0.6 is 11.3 Å². The van der Waals surface area contributed by atoms with Crippen molar-refractivity contribution in [1.29, 1.82) is 0 Å². The van der Waals surface area contributed by atoms with Gasteiger partial charge in [0.05, 0.1) is 6.61 Å². The normalized spacial score (nSPS) is 11.2. The number of amides is 1. The molecule has 0 bridgehead atoms. The molecule has 5 nitrogen and oxygen atoms in total. The Balaban J connectivity index is 1.83. The van der Waals surface area contributed by atoms with Crippen LogP contribution in [-0.4, -0.2) is 25.1 Å². The maximum Gasteiger partial charge on any atom is 0.341 e. The number of ether oxygens (including phenoxy) is 2. The topological polar surface area (TPSA) is 64.6 Å². The summed E-state index contributed by atoms with van der Waals surface area (Å²) in [4.78, 5) is 25.5. The zero-order chi connectivity index (χ0) is 24.2. The highest BCUT2D eigenvalue weighted by molar-refractivity contribution is 7.15. The third-order valence-corrected chi connectivity index (χ3v) is 6.29. The van der Waals surface area contributed by atoms with Crippen molar-refractivity contribution in [3.8, 4) is 16.9 Å². The summed E-state index contributed by atoms with van der Waals surface area (Å²) in [5.74, 6) is -0.119. The molecule has 0 saturated carbocycles. The Kier molecular flexibility index (Phi) is 7.59. The van der Waals surface area contributed by atoms with E-state index in [1.807, 2.05) is 61.7 Å². The first-order valence-electron chi connectivity index (χ1n) is 11.0. The number of esters is 1. The van der Waals surface area contributed by atoms with E-state index in [2.05, 4.69) is 26.1 Å². The van der Waals surface area contributed by atoms with Gasteiger partial charge in [0.15, 0.2) is 6.61 Å². The van der Waals surface area contributed by atoms with Crippen molar-refractivity contribution in [2.45, 2.75) is 47.0 Å². The van der Waals surface area contributed by atoms with E-state index in [9.17, 15) is 9.59 Å². The van der Waals surface area contributed by atoms with E-state index < -0.39 is 5.97 Å². The molecule has 0 aliphatic carbocycles. The van der Waals surface area contributed by atoms with Crippen molar-refractivity contribution in [2.24, 2.45) is 0 Å². The van der Waals surface area contributed by atoms with Gasteiger partial charge in [-0.15, -0.1) is 11.3 Å². The monoisotopic (exact) mass is 465 g/mol. The van der Waals surface area contributed by atoms with E-state index in [0.29, 0.717) is 16.3 Å². The Hall–Kier alpha value is -3.12. The van der Waals surface area contributed by atoms with Crippen LogP contribution in [0, 0.1) is 13.8 Å². The summed E-state index contributed by atoms with van der Waals surface area (Å²) in [5.41, 5.74) is 5.24. The lowest BCUT2D eigenvalue weighted by molar-refractivity contribution is -0.118. The minimum Gasteiger partial charge on any atom is -0.483 e. The summed E-state index contributed by atoms with van der Waals surface area (Å²) in [6.45, 7) is 12.2. The number of carbonyl (C=O) groups excluding carboxylic acids is 2. The number of anilines is 1. The van der Waals surface area contributed by atoms with Gasteiger partial charge in [-0.3, -0.25) is 4.79 Å². The van der Waals surface area contributed by atoms with Crippen LogP contribution in [0.3, 0.4) is 0 Å². The molecule has 0 saturated heterocycles. The highest BCUT2D eigenvalue weighted by atomic mass is 32.1. The maximum absolute atomic E-state index is 12.8. The first kappa shape index (κ1) is 24.5. The molecule has 1 amide bonds. The number of hydrogen-bond donors (Lipinski definition) is 1. The number of carbonyl (C=O) groups is 2. The van der Waals surface area contributed by atoms with Crippen LogP contribution in [0.4, 0.5) is 5.00 Å². The summed E-state index contributed by atoms with van der Waals surface area (Å²) in [6, 6.07) is 13.7. The van der Waals surface area contributed by atoms with E-state index in [1.165, 1.54) is 16.9 Å². The molecule has 3 rings (SSSR count). The number of hydrogen-bond acceptors (Lipinski definition) is 5. The SMILES string of the molecule is CCOC(=O)c1c(-c2ccc(C)c(C)c2)csc1NC(=O)COc1ccccc1C(C)(C)C. The van der Waals surface area contributed by atoms with Crippen molar-refractivity contribution in [1.82, 2.24) is 0 Å². The number of aryl methyl sites for hydroxylation is 2. The number of thiophene rings is 1. The fraction of sp³-hybridized carbons (Fsp3) is 0.333. The molecule has 1 aromatic heterocycles. The van der Waals surface area contributed by atoms with Crippen molar-refractivity contribution >= 4 is 28.2 Å². The van der Waals surface area contributed by atoms with Gasteiger partial charge < -0.3 is 14.8 Å². The van der Waals surface area contributed by atoms with Gasteiger partial charge in [-0.1, -0.05) is 57.2 Å². The molecular weight excluding hydrogens is 434 g/mol. The smallest absolute Gasteiger partial charge is 0.341 e. The van der Waals surface area contributed by atoms with Crippen molar-refractivity contribution in [3.63, 3.8) is 0 Å². The molecule has 174 valence electrons. The number of rotatable bonds is 7. The van der Waals surface area contributed by atoms with E-state index in [4.69, 9.17) is 9.47 Å². The molecule has 0 aliphatic rings. The second-order valence-corrected chi connectivity index (χ2v) is 9.84. The van der Waals surface area contributed by atoms with Gasteiger partial charge in [0.25, 0.3) is 5.91 Å². The third-order valence-electron chi connectivity index (χ3n) is 5.40. The zero-order valence-electron chi connectivity index (χ0n) is 20.1. The molecule has 0 spiro atoms. The fourth-order valence-electron chi connectivity index (χ4n) is 3.50. The van der Waals surface area contributed by atoms with Gasteiger partial charge in [-0.05, 0) is 54.5 Å². The summed E-state index contributed by atoms with van der Waals surface area (Å²) < 4.78 is 11.1. The quantitative estimate of drug-likeness (QED) is 0.403. The fourth-order valence-corrected chi connectivity index (χ4v) is 4.47. The number of benzene rings is 2. The lowest BCUT2D eigenvalue weighted by Gasteiger charge is -2.22. The minimum absolute atomic E-state index is 0.112. The van der Waals surface area contributed by atoms with Gasteiger partial charge in [0.1, 0.15) is 16.3 Å². The van der Waals surface area contributed by atoms with E-state index in [0.717, 1.165) is 22.3 Å². The van der Waals surface area contributed by atoms with E-state index >= 15 is 0 Å². The van der Waals surface area contributed by atoms with Crippen molar-refractivity contribution in [2.75, 3.05) is 18.5 Å². The maximum atomic E-state index is 12.8. The van der Waals surface area contributed by atoms with Crippen LogP contribution < -0.4 is 10.1 Å². The van der Waals surface area contributed by atoms with Gasteiger partial charge in [-0.2, -0.15) is 0 Å². The summed E-state index contributed by atoms with van der Waals surface area (Å²) in [7, 11) is 0. The molecule has 33 heavy (non-hydrogen) atoms. The largest absolute Gasteiger partial charge is 0.483 e. The van der Waals surface area contributed by atoms with Gasteiger partial charge in [-0.25, -0.2) is 4.79 Å². The summed E-state index contributed by atoms with van der Waals surface area (Å²) in [5, 5.41) is 5.18. The summed E-state index contributed by atoms with van der Waals surface area (Å²) >= 11 is 1.30. The van der Waals surface area contributed by atoms with E-state index in [1.54, 1.807) is 6.92 Å². The highest BCUT2D eigenvalue weighted by Crippen LogP contribution is 2.37. The molecule has 6 heteroatoms. The second-order valence-electron chi connectivity index (χ2n) is 8.96. The van der Waals surface area contributed by atoms with Crippen molar-refractivity contribution < 1.29 is 19.1 Å². The Labute approximate surface area is 199 Å². The first-order chi connectivity index (χ1) is 15.6. The standard InChI is InChI=1S/C27H31NO4S/c1-7-31-26(30)24-20(19-13-12-17(2)18(3)14-19)16-33-25(24)28-23(29)15-32-22-11-9-8-10-21(22)27(4,5)6/h8-14,16H,7,15H2,1-6H3,(H,28,29). The Morgan fingerprint density at radius 1 is 1.03 bits per heavy atom. The van der Waals surface area contributed by atoms with Crippen LogP contribution in [0.25, 0.3) is 11.1 Å². The molecule has 1 heterocycles. The lowest BCUT2D eigenvalue weighted by atomic mass is 9.86. The van der Waals surface area contributed by atoms with Crippen molar-refractivity contribution in [3.05, 3.63) is 70.1 Å². The molecule has 0 aliphatic heterocycles. The summed E-state index contributed by atoms with van der Waals surface area (Å²) in [6.07, 6.45) is 0. The highest BCUT2D eigenvalue weighted by Gasteiger charge is 2.24. The predicted molar refractivity (Wildman–Crippen MR) is 134 cm³/mol. The van der Waals surface area contributed by atoms with Crippen LogP contribution in [0.1, 0.15) is 54.7 Å². The van der Waals surface area contributed by atoms with Gasteiger partial charge in [0, 0.05) is 10.9 Å². The first-order valence-corrected chi connectivity index (χ1v) is 11.9.